The first kappa shape index (κ1) is 21.8. The maximum absolute atomic E-state index is 12.4. The third kappa shape index (κ3) is 6.01. The number of carbonyl (C=O) groups is 1. The fourth-order valence-corrected chi connectivity index (χ4v) is 4.90. The van der Waals surface area contributed by atoms with E-state index >= 15 is 0 Å². The lowest BCUT2D eigenvalue weighted by Crippen LogP contribution is -2.37. The Labute approximate surface area is 170 Å². The highest BCUT2D eigenvalue weighted by Gasteiger charge is 2.28. The minimum atomic E-state index is -4.51. The molecule has 0 radical (unpaired) electrons. The van der Waals surface area contributed by atoms with Crippen LogP contribution in [0.3, 0.4) is 0 Å². The van der Waals surface area contributed by atoms with Crippen molar-refractivity contribution in [1.82, 2.24) is 14.9 Å². The molecule has 1 aromatic carbocycles. The van der Waals surface area contributed by atoms with Crippen molar-refractivity contribution in [3.8, 4) is 0 Å². The lowest BCUT2D eigenvalue weighted by Gasteiger charge is -2.26. The number of fused-ring (bicyclic) bond motifs is 1. The van der Waals surface area contributed by atoms with Crippen LogP contribution < -0.4 is 10.0 Å². The molecule has 1 aromatic heterocycles. The van der Waals surface area contributed by atoms with Crippen molar-refractivity contribution in [1.29, 1.82) is 0 Å². The molecule has 0 fully saturated rings. The smallest absolute Gasteiger partial charge is 0.343 e. The third-order valence-corrected chi connectivity index (χ3v) is 6.98. The number of hydrogen-bond donors (Lipinski definition) is 2. The van der Waals surface area contributed by atoms with Crippen molar-refractivity contribution in [2.45, 2.75) is 24.0 Å². The highest BCUT2D eigenvalue weighted by Crippen LogP contribution is 2.23. The van der Waals surface area contributed by atoms with E-state index in [1.165, 1.54) is 34.7 Å². The summed E-state index contributed by atoms with van der Waals surface area (Å²) in [7, 11) is -3.78. The fraction of sp³-hybridized carbons (Fsp3) is 0.389. The van der Waals surface area contributed by atoms with Crippen molar-refractivity contribution < 1.29 is 26.4 Å². The van der Waals surface area contributed by atoms with Gasteiger partial charge in [-0.25, -0.2) is 13.1 Å². The van der Waals surface area contributed by atoms with Crippen molar-refractivity contribution in [2.75, 3.05) is 26.2 Å². The molecule has 0 bridgehead atoms. The summed E-state index contributed by atoms with van der Waals surface area (Å²) in [6.45, 7) is 1.01. The van der Waals surface area contributed by atoms with Crippen molar-refractivity contribution >= 4 is 27.3 Å². The molecule has 1 amide bonds. The predicted molar refractivity (Wildman–Crippen MR) is 103 cm³/mol. The fourth-order valence-electron chi connectivity index (χ4n) is 2.99. The number of halogens is 3. The third-order valence-electron chi connectivity index (χ3n) is 4.48. The molecule has 0 saturated carbocycles. The van der Waals surface area contributed by atoms with Gasteiger partial charge in [-0.2, -0.15) is 13.2 Å². The topological polar surface area (TPSA) is 78.5 Å². The van der Waals surface area contributed by atoms with Gasteiger partial charge >= 0.3 is 6.18 Å². The Hall–Kier alpha value is -1.95. The molecule has 0 spiro atoms. The van der Waals surface area contributed by atoms with E-state index in [0.717, 1.165) is 19.5 Å². The van der Waals surface area contributed by atoms with E-state index in [-0.39, 0.29) is 17.0 Å². The van der Waals surface area contributed by atoms with Gasteiger partial charge in [0.1, 0.15) is 6.54 Å². The number of rotatable bonds is 7. The first-order chi connectivity index (χ1) is 13.6. The Balaban J connectivity index is 1.51. The van der Waals surface area contributed by atoms with Crippen LogP contribution in [-0.4, -0.2) is 51.6 Å². The van der Waals surface area contributed by atoms with E-state index in [9.17, 15) is 26.4 Å². The summed E-state index contributed by atoms with van der Waals surface area (Å²) in [5.41, 5.74) is 1.23. The standard InChI is InChI=1S/C18H20F3N3O3S2/c19-18(20,21)12-22-17(25)13-1-3-15(4-2-13)29(26,27)23-7-9-24-8-5-16-14(11-24)6-10-28-16/h1-4,6,10,23H,5,7-9,11-12H2,(H,22,25). The molecule has 0 saturated heterocycles. The summed E-state index contributed by atoms with van der Waals surface area (Å²) in [5.74, 6) is -0.919. The number of hydrogen-bond acceptors (Lipinski definition) is 5. The lowest BCUT2D eigenvalue weighted by atomic mass is 10.1. The van der Waals surface area contributed by atoms with Gasteiger partial charge < -0.3 is 5.32 Å². The van der Waals surface area contributed by atoms with Crippen LogP contribution in [0, 0.1) is 0 Å². The number of nitrogens with zero attached hydrogens (tertiary/aromatic N) is 1. The minimum Gasteiger partial charge on any atom is -0.343 e. The largest absolute Gasteiger partial charge is 0.405 e. The van der Waals surface area contributed by atoms with Gasteiger partial charge in [0.05, 0.1) is 4.90 Å². The number of benzene rings is 1. The first-order valence-electron chi connectivity index (χ1n) is 8.86. The van der Waals surface area contributed by atoms with Gasteiger partial charge in [-0.15, -0.1) is 11.3 Å². The maximum Gasteiger partial charge on any atom is 0.405 e. The molecule has 6 nitrogen and oxygen atoms in total. The number of nitrogens with one attached hydrogen (secondary N) is 2. The molecule has 2 aromatic rings. The van der Waals surface area contributed by atoms with Crippen molar-refractivity contribution in [3.63, 3.8) is 0 Å². The summed E-state index contributed by atoms with van der Waals surface area (Å²) < 4.78 is 63.8. The average Bonchev–Trinajstić information content (AvgIpc) is 3.13. The molecule has 158 valence electrons. The second-order valence-corrected chi connectivity index (χ2v) is 9.38. The number of carbonyl (C=O) groups excluding carboxylic acids is 1. The van der Waals surface area contributed by atoms with Crippen LogP contribution >= 0.6 is 11.3 Å². The molecule has 0 atom stereocenters. The molecule has 1 aliphatic rings. The predicted octanol–water partition coefficient (Wildman–Crippen LogP) is 2.38. The van der Waals surface area contributed by atoms with Gasteiger partial charge in [0.25, 0.3) is 5.91 Å². The Morgan fingerprint density at radius 1 is 1.17 bits per heavy atom. The van der Waals surface area contributed by atoms with Crippen molar-refractivity contribution in [2.24, 2.45) is 0 Å². The van der Waals surface area contributed by atoms with Crippen LogP contribution in [0.1, 0.15) is 20.8 Å². The highest BCUT2D eigenvalue weighted by molar-refractivity contribution is 7.89. The molecule has 11 heteroatoms. The van der Waals surface area contributed by atoms with Gasteiger partial charge in [-0.1, -0.05) is 0 Å². The molecule has 3 rings (SSSR count). The zero-order chi connectivity index (χ0) is 21.1. The normalized spacial score (nSPS) is 15.1. The molecule has 0 aliphatic carbocycles. The van der Waals surface area contributed by atoms with Gasteiger partial charge in [0, 0.05) is 36.6 Å². The molecular weight excluding hydrogens is 427 g/mol. The minimum absolute atomic E-state index is 0.0481. The summed E-state index contributed by atoms with van der Waals surface area (Å²) in [4.78, 5) is 15.2. The maximum atomic E-state index is 12.4. The zero-order valence-corrected chi connectivity index (χ0v) is 17.0. The van der Waals surface area contributed by atoms with Crippen molar-refractivity contribution in [3.05, 3.63) is 51.7 Å². The van der Waals surface area contributed by atoms with E-state index < -0.39 is 28.7 Å². The summed E-state index contributed by atoms with van der Waals surface area (Å²) in [6.07, 6.45) is -3.56. The Morgan fingerprint density at radius 3 is 2.59 bits per heavy atom. The van der Waals surface area contributed by atoms with Crippen LogP contribution in [0.4, 0.5) is 13.2 Å². The van der Waals surface area contributed by atoms with Crippen LogP contribution in [0.25, 0.3) is 0 Å². The van der Waals surface area contributed by atoms with Crippen LogP contribution in [0.2, 0.25) is 0 Å². The molecule has 2 N–H and O–H groups in total. The van der Waals surface area contributed by atoms with E-state index in [1.807, 2.05) is 0 Å². The van der Waals surface area contributed by atoms with Gasteiger partial charge in [0.2, 0.25) is 10.0 Å². The van der Waals surface area contributed by atoms with E-state index in [4.69, 9.17) is 0 Å². The van der Waals surface area contributed by atoms with Gasteiger partial charge in [-0.3, -0.25) is 9.69 Å². The number of thiophene rings is 1. The molecule has 2 heterocycles. The zero-order valence-electron chi connectivity index (χ0n) is 15.3. The molecule has 0 unspecified atom stereocenters. The Bertz CT molecular complexity index is 957. The summed E-state index contributed by atoms with van der Waals surface area (Å²) in [6, 6.07) is 6.85. The second kappa shape index (κ2) is 8.82. The Morgan fingerprint density at radius 2 is 1.90 bits per heavy atom. The number of amides is 1. The first-order valence-corrected chi connectivity index (χ1v) is 11.2. The Kier molecular flexibility index (Phi) is 6.62. The lowest BCUT2D eigenvalue weighted by molar-refractivity contribution is -0.123. The van der Waals surface area contributed by atoms with Crippen LogP contribution in [0.15, 0.2) is 40.6 Å². The highest BCUT2D eigenvalue weighted by atomic mass is 32.2. The summed E-state index contributed by atoms with van der Waals surface area (Å²) in [5, 5.41) is 3.80. The molecule has 1 aliphatic heterocycles. The van der Waals surface area contributed by atoms with Crippen LogP contribution in [0.5, 0.6) is 0 Å². The molecular formula is C18H20F3N3O3S2. The quantitative estimate of drug-likeness (QED) is 0.683. The number of alkyl halides is 3. The van der Waals surface area contributed by atoms with E-state index in [2.05, 4.69) is 21.1 Å². The SMILES string of the molecule is O=C(NCC(F)(F)F)c1ccc(S(=O)(=O)NCCN2CCc3sccc3C2)cc1. The van der Waals surface area contributed by atoms with E-state index in [0.29, 0.717) is 6.54 Å². The molecule has 29 heavy (non-hydrogen) atoms. The monoisotopic (exact) mass is 447 g/mol. The van der Waals surface area contributed by atoms with Gasteiger partial charge in [-0.05, 0) is 47.7 Å². The van der Waals surface area contributed by atoms with E-state index in [1.54, 1.807) is 16.7 Å². The van der Waals surface area contributed by atoms with Crippen LogP contribution in [-0.2, 0) is 23.0 Å². The number of sulfonamides is 1. The average molecular weight is 448 g/mol. The second-order valence-electron chi connectivity index (χ2n) is 6.62. The summed E-state index contributed by atoms with van der Waals surface area (Å²) >= 11 is 1.74. The van der Waals surface area contributed by atoms with Gasteiger partial charge in [0.15, 0.2) is 0 Å².